The first kappa shape index (κ1) is 24.4. The lowest BCUT2D eigenvalue weighted by Gasteiger charge is -2.14. The Balaban J connectivity index is 1.24. The van der Waals surface area contributed by atoms with Gasteiger partial charge in [-0.05, 0) is 34.6 Å². The highest BCUT2D eigenvalue weighted by Crippen LogP contribution is 2.44. The molecule has 1 unspecified atom stereocenters. The zero-order valence-corrected chi connectivity index (χ0v) is 20.1. The lowest BCUT2D eigenvalue weighted by molar-refractivity contribution is -0.137. The molecule has 35 heavy (non-hydrogen) atoms. The summed E-state index contributed by atoms with van der Waals surface area (Å²) >= 11 is 1.27. The normalized spacial score (nSPS) is 12.9. The van der Waals surface area contributed by atoms with Crippen molar-refractivity contribution in [2.75, 3.05) is 13.2 Å². The fourth-order valence-electron chi connectivity index (χ4n) is 4.12. The van der Waals surface area contributed by atoms with Crippen molar-refractivity contribution in [3.05, 3.63) is 75.7 Å². The summed E-state index contributed by atoms with van der Waals surface area (Å²) in [6.07, 6.45) is 0.0156. The van der Waals surface area contributed by atoms with Gasteiger partial charge in [0.2, 0.25) is 0 Å². The Kier molecular flexibility index (Phi) is 7.77. The SMILES string of the molecule is CC(CCC(=O)O)CNC(=O)c1csc(CNC(=O)OCC2c3ccccc3-c3ccccc32)n1. The van der Waals surface area contributed by atoms with E-state index in [4.69, 9.17) is 9.84 Å². The number of ether oxygens (including phenoxy) is 1. The molecule has 1 heterocycles. The minimum absolute atomic E-state index is 0.0128. The van der Waals surface area contributed by atoms with Crippen LogP contribution in [-0.2, 0) is 16.1 Å². The number of carboxylic acids is 1. The molecule has 182 valence electrons. The standard InChI is InChI=1S/C26H27N3O5S/c1-16(10-11-24(30)31)12-27-25(32)22-15-35-23(29-22)13-28-26(33)34-14-21-19-8-4-2-6-17(19)18-7-3-5-9-20(18)21/h2-9,15-16,21H,10-14H2,1H3,(H,27,32)(H,28,33)(H,30,31). The van der Waals surface area contributed by atoms with Gasteiger partial charge in [-0.1, -0.05) is 55.5 Å². The number of alkyl carbamates (subject to hydrolysis) is 1. The summed E-state index contributed by atoms with van der Waals surface area (Å²) in [6, 6.07) is 16.3. The zero-order valence-electron chi connectivity index (χ0n) is 19.3. The summed E-state index contributed by atoms with van der Waals surface area (Å²) in [6.45, 7) is 2.64. The van der Waals surface area contributed by atoms with Crippen molar-refractivity contribution >= 4 is 29.3 Å². The number of amides is 2. The van der Waals surface area contributed by atoms with E-state index in [0.29, 0.717) is 18.0 Å². The third kappa shape index (κ3) is 6.05. The Morgan fingerprint density at radius 1 is 1.06 bits per heavy atom. The number of carbonyl (C=O) groups is 3. The summed E-state index contributed by atoms with van der Waals surface area (Å²) in [5.74, 6) is -1.14. The Hall–Kier alpha value is -3.72. The minimum Gasteiger partial charge on any atom is -0.481 e. The van der Waals surface area contributed by atoms with E-state index >= 15 is 0 Å². The minimum atomic E-state index is -0.851. The van der Waals surface area contributed by atoms with Crippen LogP contribution in [0.25, 0.3) is 11.1 Å². The van der Waals surface area contributed by atoms with Gasteiger partial charge in [-0.3, -0.25) is 9.59 Å². The van der Waals surface area contributed by atoms with E-state index in [-0.39, 0.29) is 43.0 Å². The van der Waals surface area contributed by atoms with Crippen molar-refractivity contribution in [1.82, 2.24) is 15.6 Å². The molecule has 3 N–H and O–H groups in total. The van der Waals surface area contributed by atoms with Crippen LogP contribution in [0.4, 0.5) is 4.79 Å². The van der Waals surface area contributed by atoms with Gasteiger partial charge in [-0.2, -0.15) is 0 Å². The molecule has 0 aliphatic heterocycles. The van der Waals surface area contributed by atoms with Gasteiger partial charge in [0.25, 0.3) is 5.91 Å². The lowest BCUT2D eigenvalue weighted by Crippen LogP contribution is -2.29. The zero-order chi connectivity index (χ0) is 24.8. The lowest BCUT2D eigenvalue weighted by atomic mass is 9.98. The van der Waals surface area contributed by atoms with Crippen LogP contribution in [0.2, 0.25) is 0 Å². The number of carbonyl (C=O) groups excluding carboxylic acids is 2. The molecule has 0 spiro atoms. The maximum atomic E-state index is 12.3. The number of nitrogens with one attached hydrogen (secondary N) is 2. The second-order valence-corrected chi connectivity index (χ2v) is 9.50. The molecule has 1 aromatic heterocycles. The monoisotopic (exact) mass is 493 g/mol. The van der Waals surface area contributed by atoms with Crippen molar-refractivity contribution < 1.29 is 24.2 Å². The van der Waals surface area contributed by atoms with Crippen LogP contribution in [0.1, 0.15) is 52.3 Å². The predicted octanol–water partition coefficient (Wildman–Crippen LogP) is 4.41. The number of hydrogen-bond acceptors (Lipinski definition) is 6. The molecule has 8 nitrogen and oxygen atoms in total. The molecule has 2 amide bonds. The third-order valence-corrected chi connectivity index (χ3v) is 6.82. The van der Waals surface area contributed by atoms with Gasteiger partial charge >= 0.3 is 12.1 Å². The highest BCUT2D eigenvalue weighted by Gasteiger charge is 2.29. The number of benzene rings is 2. The van der Waals surface area contributed by atoms with E-state index in [2.05, 4.69) is 39.9 Å². The smallest absolute Gasteiger partial charge is 0.407 e. The van der Waals surface area contributed by atoms with Crippen LogP contribution in [0.5, 0.6) is 0 Å². The van der Waals surface area contributed by atoms with Gasteiger partial charge in [-0.15, -0.1) is 11.3 Å². The average Bonchev–Trinajstić information content (AvgIpc) is 3.46. The van der Waals surface area contributed by atoms with Gasteiger partial charge in [-0.25, -0.2) is 9.78 Å². The third-order valence-electron chi connectivity index (χ3n) is 5.97. The van der Waals surface area contributed by atoms with Gasteiger partial charge in [0, 0.05) is 24.3 Å². The highest BCUT2D eigenvalue weighted by atomic mass is 32.1. The summed E-state index contributed by atoms with van der Waals surface area (Å²) in [5.41, 5.74) is 4.90. The number of hydrogen-bond donors (Lipinski definition) is 3. The molecule has 9 heteroatoms. The summed E-state index contributed by atoms with van der Waals surface area (Å²) in [5, 5.41) is 16.4. The second-order valence-electron chi connectivity index (χ2n) is 8.55. The van der Waals surface area contributed by atoms with E-state index in [0.717, 1.165) is 11.1 Å². The second kappa shape index (κ2) is 11.1. The van der Waals surface area contributed by atoms with Crippen molar-refractivity contribution in [2.45, 2.75) is 32.2 Å². The van der Waals surface area contributed by atoms with Crippen LogP contribution < -0.4 is 10.6 Å². The van der Waals surface area contributed by atoms with Gasteiger partial charge < -0.3 is 20.5 Å². The quantitative estimate of drug-likeness (QED) is 0.385. The molecule has 0 saturated heterocycles. The van der Waals surface area contributed by atoms with Crippen LogP contribution in [0, 0.1) is 5.92 Å². The summed E-state index contributed by atoms with van der Waals surface area (Å²) in [7, 11) is 0. The Morgan fingerprint density at radius 3 is 2.37 bits per heavy atom. The number of fused-ring (bicyclic) bond motifs is 3. The first-order valence-electron chi connectivity index (χ1n) is 11.5. The van der Waals surface area contributed by atoms with Crippen LogP contribution in [0.15, 0.2) is 53.9 Å². The largest absolute Gasteiger partial charge is 0.481 e. The number of nitrogens with zero attached hydrogens (tertiary/aromatic N) is 1. The van der Waals surface area contributed by atoms with Gasteiger partial charge in [0.1, 0.15) is 17.3 Å². The first-order valence-corrected chi connectivity index (χ1v) is 12.3. The molecular formula is C26H27N3O5S. The fourth-order valence-corrected chi connectivity index (χ4v) is 4.84. The highest BCUT2D eigenvalue weighted by molar-refractivity contribution is 7.09. The molecular weight excluding hydrogens is 466 g/mol. The van der Waals surface area contributed by atoms with E-state index in [9.17, 15) is 14.4 Å². The molecule has 2 aromatic carbocycles. The predicted molar refractivity (Wildman–Crippen MR) is 132 cm³/mol. The fraction of sp³-hybridized carbons (Fsp3) is 0.308. The molecule has 0 fully saturated rings. The topological polar surface area (TPSA) is 118 Å². The number of carboxylic acid groups (broad SMARTS) is 1. The number of rotatable bonds is 10. The van der Waals surface area contributed by atoms with E-state index < -0.39 is 12.1 Å². The number of aromatic nitrogens is 1. The van der Waals surface area contributed by atoms with Crippen LogP contribution in [-0.4, -0.2) is 41.2 Å². The van der Waals surface area contributed by atoms with Gasteiger partial charge in [0.05, 0.1) is 6.54 Å². The molecule has 0 saturated carbocycles. The van der Waals surface area contributed by atoms with Crippen molar-refractivity contribution in [3.8, 4) is 11.1 Å². The molecule has 0 radical (unpaired) electrons. The Bertz CT molecular complexity index is 1180. The summed E-state index contributed by atoms with van der Waals surface area (Å²) < 4.78 is 5.53. The maximum absolute atomic E-state index is 12.3. The molecule has 1 aliphatic carbocycles. The molecule has 0 bridgehead atoms. The van der Waals surface area contributed by atoms with Crippen molar-refractivity contribution in [3.63, 3.8) is 0 Å². The first-order chi connectivity index (χ1) is 16.9. The van der Waals surface area contributed by atoms with Crippen molar-refractivity contribution in [2.24, 2.45) is 5.92 Å². The molecule has 1 atom stereocenters. The van der Waals surface area contributed by atoms with Crippen LogP contribution >= 0.6 is 11.3 Å². The Labute approximate surface area is 207 Å². The van der Waals surface area contributed by atoms with Crippen LogP contribution in [0.3, 0.4) is 0 Å². The van der Waals surface area contributed by atoms with E-state index in [1.54, 1.807) is 5.38 Å². The Morgan fingerprint density at radius 2 is 1.71 bits per heavy atom. The van der Waals surface area contributed by atoms with E-state index in [1.165, 1.54) is 22.5 Å². The molecule has 1 aliphatic rings. The summed E-state index contributed by atoms with van der Waals surface area (Å²) in [4.78, 5) is 39.6. The number of aliphatic carboxylic acids is 1. The molecule has 3 aromatic rings. The average molecular weight is 494 g/mol. The molecule has 4 rings (SSSR count). The number of thiazole rings is 1. The van der Waals surface area contributed by atoms with E-state index in [1.807, 2.05) is 31.2 Å². The van der Waals surface area contributed by atoms with Crippen molar-refractivity contribution in [1.29, 1.82) is 0 Å². The maximum Gasteiger partial charge on any atom is 0.407 e. The van der Waals surface area contributed by atoms with Gasteiger partial charge in [0.15, 0.2) is 0 Å².